The lowest BCUT2D eigenvalue weighted by atomic mass is 10.0. The molecule has 0 saturated heterocycles. The van der Waals surface area contributed by atoms with Gasteiger partial charge < -0.3 is 4.90 Å². The summed E-state index contributed by atoms with van der Waals surface area (Å²) in [5.74, 6) is 0.545. The third kappa shape index (κ3) is 2.34. The first-order valence-electron chi connectivity index (χ1n) is 6.14. The quantitative estimate of drug-likeness (QED) is 0.718. The fourth-order valence-corrected chi connectivity index (χ4v) is 1.97. The Morgan fingerprint density at radius 1 is 1.50 bits per heavy atom. The minimum atomic E-state index is 0.0975. The lowest BCUT2D eigenvalue weighted by Crippen LogP contribution is -2.30. The summed E-state index contributed by atoms with van der Waals surface area (Å²) in [6.45, 7) is 4.27. The maximum atomic E-state index is 12.1. The second-order valence-electron chi connectivity index (χ2n) is 5.03. The van der Waals surface area contributed by atoms with Gasteiger partial charge in [-0.2, -0.15) is 0 Å². The zero-order valence-corrected chi connectivity index (χ0v) is 10.4. The van der Waals surface area contributed by atoms with Crippen LogP contribution in [0.4, 0.5) is 0 Å². The molecule has 0 atom stereocenters. The van der Waals surface area contributed by atoms with Crippen molar-refractivity contribution in [3.8, 4) is 0 Å². The number of nitrogens with zero attached hydrogens (tertiary/aromatic N) is 2. The summed E-state index contributed by atoms with van der Waals surface area (Å²) in [5.41, 5.74) is 1.82. The van der Waals surface area contributed by atoms with E-state index in [0.717, 1.165) is 31.4 Å². The molecule has 1 aliphatic heterocycles. The highest BCUT2D eigenvalue weighted by Crippen LogP contribution is 2.27. The molecule has 0 aromatic heterocycles. The third-order valence-electron chi connectivity index (χ3n) is 3.30. The second kappa shape index (κ2) is 4.40. The van der Waals surface area contributed by atoms with Crippen molar-refractivity contribution < 1.29 is 4.79 Å². The lowest BCUT2D eigenvalue weighted by molar-refractivity contribution is -0.126. The SMILES string of the molecule is CC(C)C1=NC(C(=O)N(C)C2CC2)=CCC1. The minimum absolute atomic E-state index is 0.0975. The first-order valence-corrected chi connectivity index (χ1v) is 6.14. The van der Waals surface area contributed by atoms with Crippen molar-refractivity contribution in [2.75, 3.05) is 7.05 Å². The number of aliphatic imine (C=N–C) groups is 1. The highest BCUT2D eigenvalue weighted by Gasteiger charge is 2.31. The van der Waals surface area contributed by atoms with Crippen LogP contribution in [0.5, 0.6) is 0 Å². The first kappa shape index (κ1) is 11.4. The molecule has 1 saturated carbocycles. The van der Waals surface area contributed by atoms with E-state index in [2.05, 4.69) is 18.8 Å². The number of allylic oxidation sites excluding steroid dienone is 1. The Morgan fingerprint density at radius 2 is 2.19 bits per heavy atom. The van der Waals surface area contributed by atoms with E-state index in [1.165, 1.54) is 0 Å². The molecule has 2 aliphatic rings. The number of carbonyl (C=O) groups is 1. The van der Waals surface area contributed by atoms with Gasteiger partial charge in [0.15, 0.2) is 0 Å². The van der Waals surface area contributed by atoms with E-state index >= 15 is 0 Å². The summed E-state index contributed by atoms with van der Waals surface area (Å²) in [7, 11) is 1.89. The molecule has 88 valence electrons. The molecule has 0 radical (unpaired) electrons. The van der Waals surface area contributed by atoms with Crippen LogP contribution < -0.4 is 0 Å². The van der Waals surface area contributed by atoms with Gasteiger partial charge in [0, 0.05) is 18.8 Å². The molecule has 1 heterocycles. The molecule has 0 spiro atoms. The van der Waals surface area contributed by atoms with E-state index in [0.29, 0.717) is 17.7 Å². The maximum absolute atomic E-state index is 12.1. The maximum Gasteiger partial charge on any atom is 0.272 e. The fraction of sp³-hybridized carbons (Fsp3) is 0.692. The summed E-state index contributed by atoms with van der Waals surface area (Å²) in [5, 5.41) is 0. The molecular formula is C13H20N2O. The van der Waals surface area contributed by atoms with Gasteiger partial charge in [-0.05, 0) is 31.6 Å². The number of hydrogen-bond acceptors (Lipinski definition) is 2. The van der Waals surface area contributed by atoms with Crippen molar-refractivity contribution in [2.45, 2.75) is 45.6 Å². The summed E-state index contributed by atoms with van der Waals surface area (Å²) in [6, 6.07) is 0.466. The molecule has 16 heavy (non-hydrogen) atoms. The van der Waals surface area contributed by atoms with E-state index in [4.69, 9.17) is 0 Å². The monoisotopic (exact) mass is 220 g/mol. The smallest absolute Gasteiger partial charge is 0.272 e. The Kier molecular flexibility index (Phi) is 3.13. The summed E-state index contributed by atoms with van der Waals surface area (Å²) in [4.78, 5) is 18.4. The predicted molar refractivity (Wildman–Crippen MR) is 65.4 cm³/mol. The van der Waals surface area contributed by atoms with E-state index in [-0.39, 0.29) is 5.91 Å². The van der Waals surface area contributed by atoms with Crippen molar-refractivity contribution in [2.24, 2.45) is 10.9 Å². The zero-order valence-electron chi connectivity index (χ0n) is 10.4. The van der Waals surface area contributed by atoms with Crippen LogP contribution in [0.25, 0.3) is 0 Å². The summed E-state index contributed by atoms with van der Waals surface area (Å²) in [6.07, 6.45) is 6.23. The normalized spacial score (nSPS) is 20.5. The Labute approximate surface area is 97.2 Å². The highest BCUT2D eigenvalue weighted by molar-refractivity contribution is 5.99. The number of likely N-dealkylation sites (N-methyl/N-ethyl adjacent to an activating group) is 1. The highest BCUT2D eigenvalue weighted by atomic mass is 16.2. The average molecular weight is 220 g/mol. The topological polar surface area (TPSA) is 32.7 Å². The van der Waals surface area contributed by atoms with E-state index < -0.39 is 0 Å². The van der Waals surface area contributed by atoms with Gasteiger partial charge in [-0.1, -0.05) is 19.9 Å². The molecule has 1 amide bonds. The van der Waals surface area contributed by atoms with Crippen molar-refractivity contribution >= 4 is 11.6 Å². The average Bonchev–Trinajstić information content (AvgIpc) is 3.11. The third-order valence-corrected chi connectivity index (χ3v) is 3.30. The van der Waals surface area contributed by atoms with Crippen LogP contribution in [0.3, 0.4) is 0 Å². The molecule has 1 fully saturated rings. The molecule has 3 nitrogen and oxygen atoms in total. The van der Waals surface area contributed by atoms with Gasteiger partial charge in [-0.25, -0.2) is 0 Å². The number of rotatable bonds is 3. The largest absolute Gasteiger partial charge is 0.337 e. The number of carbonyl (C=O) groups excluding carboxylic acids is 1. The van der Waals surface area contributed by atoms with Gasteiger partial charge in [0.1, 0.15) is 5.70 Å². The molecule has 0 unspecified atom stereocenters. The van der Waals surface area contributed by atoms with Crippen molar-refractivity contribution in [3.05, 3.63) is 11.8 Å². The first-order chi connectivity index (χ1) is 7.59. The standard InChI is InChI=1S/C13H20N2O/c1-9(2)11-5-4-6-12(14-11)13(16)15(3)10-7-8-10/h6,9-10H,4-5,7-8H2,1-3H3. The van der Waals surface area contributed by atoms with Gasteiger partial charge in [0.25, 0.3) is 5.91 Å². The predicted octanol–water partition coefficient (Wildman–Crippen LogP) is 2.38. The van der Waals surface area contributed by atoms with Gasteiger partial charge in [-0.3, -0.25) is 9.79 Å². The van der Waals surface area contributed by atoms with Crippen molar-refractivity contribution in [1.29, 1.82) is 0 Å². The van der Waals surface area contributed by atoms with Gasteiger partial charge in [0.2, 0.25) is 0 Å². The molecule has 1 aliphatic carbocycles. The molecule has 0 bridgehead atoms. The molecular weight excluding hydrogens is 200 g/mol. The Bertz CT molecular complexity index is 351. The van der Waals surface area contributed by atoms with Crippen molar-refractivity contribution in [1.82, 2.24) is 4.90 Å². The van der Waals surface area contributed by atoms with E-state index in [1.54, 1.807) is 0 Å². The summed E-state index contributed by atoms with van der Waals surface area (Å²) >= 11 is 0. The van der Waals surface area contributed by atoms with E-state index in [9.17, 15) is 4.79 Å². The lowest BCUT2D eigenvalue weighted by Gasteiger charge is -2.20. The zero-order chi connectivity index (χ0) is 11.7. The molecule has 3 heteroatoms. The van der Waals surface area contributed by atoms with Crippen molar-refractivity contribution in [3.63, 3.8) is 0 Å². The number of hydrogen-bond donors (Lipinski definition) is 0. The van der Waals surface area contributed by atoms with E-state index in [1.807, 2.05) is 18.0 Å². The Hall–Kier alpha value is -1.12. The minimum Gasteiger partial charge on any atom is -0.337 e. The summed E-state index contributed by atoms with van der Waals surface area (Å²) < 4.78 is 0. The van der Waals surface area contributed by atoms with Crippen LogP contribution in [0.1, 0.15) is 39.5 Å². The Balaban J connectivity index is 2.08. The Morgan fingerprint density at radius 3 is 2.75 bits per heavy atom. The number of amides is 1. The molecule has 0 aromatic rings. The van der Waals surface area contributed by atoms with Crippen LogP contribution in [-0.2, 0) is 4.79 Å². The van der Waals surface area contributed by atoms with Crippen LogP contribution in [0, 0.1) is 5.92 Å². The fourth-order valence-electron chi connectivity index (χ4n) is 1.97. The van der Waals surface area contributed by atoms with Gasteiger partial charge >= 0.3 is 0 Å². The van der Waals surface area contributed by atoms with Crippen LogP contribution in [0.15, 0.2) is 16.8 Å². The molecule has 2 rings (SSSR count). The molecule has 0 N–H and O–H groups in total. The van der Waals surface area contributed by atoms with Gasteiger partial charge in [0.05, 0.1) is 0 Å². The van der Waals surface area contributed by atoms with Crippen LogP contribution >= 0.6 is 0 Å². The van der Waals surface area contributed by atoms with Crippen LogP contribution in [0.2, 0.25) is 0 Å². The molecule has 0 aromatic carbocycles. The van der Waals surface area contributed by atoms with Crippen LogP contribution in [-0.4, -0.2) is 29.6 Å². The second-order valence-corrected chi connectivity index (χ2v) is 5.03. The van der Waals surface area contributed by atoms with Gasteiger partial charge in [-0.15, -0.1) is 0 Å².